The van der Waals surface area contributed by atoms with Crippen molar-refractivity contribution in [1.29, 1.82) is 0 Å². The fraction of sp³-hybridized carbons (Fsp3) is 0.542. The van der Waals surface area contributed by atoms with E-state index in [1.54, 1.807) is 33.8 Å². The van der Waals surface area contributed by atoms with E-state index in [0.717, 1.165) is 25.0 Å². The quantitative estimate of drug-likeness (QED) is 0.716. The zero-order valence-corrected chi connectivity index (χ0v) is 19.0. The Hall–Kier alpha value is -2.87. The zero-order chi connectivity index (χ0) is 22.6. The SMILES string of the molecule is CCN1CCOc2ccccc2CCCCC2(CN(C(=O)c3ccnn3C)CCO2)C1=O. The maximum Gasteiger partial charge on any atom is 0.272 e. The summed E-state index contributed by atoms with van der Waals surface area (Å²) in [6.45, 7) is 4.48. The number of hydrogen-bond acceptors (Lipinski definition) is 5. The van der Waals surface area contributed by atoms with Crippen molar-refractivity contribution in [3.05, 3.63) is 47.8 Å². The number of carbonyl (C=O) groups excluding carboxylic acids is 2. The third kappa shape index (κ3) is 4.50. The Kier molecular flexibility index (Phi) is 6.79. The number of para-hydroxylation sites is 1. The number of ether oxygens (including phenoxy) is 2. The largest absolute Gasteiger partial charge is 0.491 e. The van der Waals surface area contributed by atoms with Crippen molar-refractivity contribution in [2.24, 2.45) is 7.05 Å². The molecule has 2 aromatic rings. The predicted octanol–water partition coefficient (Wildman–Crippen LogP) is 2.29. The summed E-state index contributed by atoms with van der Waals surface area (Å²) >= 11 is 0. The van der Waals surface area contributed by atoms with Gasteiger partial charge in [0.2, 0.25) is 0 Å². The fourth-order valence-electron chi connectivity index (χ4n) is 4.63. The van der Waals surface area contributed by atoms with E-state index in [4.69, 9.17) is 9.47 Å². The maximum atomic E-state index is 13.7. The average molecular weight is 441 g/mol. The minimum Gasteiger partial charge on any atom is -0.491 e. The summed E-state index contributed by atoms with van der Waals surface area (Å²) in [6, 6.07) is 9.81. The molecule has 1 spiro atoms. The Morgan fingerprint density at radius 1 is 1.16 bits per heavy atom. The van der Waals surface area contributed by atoms with Crippen LogP contribution in [0.15, 0.2) is 36.5 Å². The topological polar surface area (TPSA) is 76.9 Å². The van der Waals surface area contributed by atoms with E-state index < -0.39 is 5.60 Å². The third-order valence-corrected chi connectivity index (χ3v) is 6.44. The second-order valence-electron chi connectivity index (χ2n) is 8.46. The maximum absolute atomic E-state index is 13.7. The van der Waals surface area contributed by atoms with Gasteiger partial charge in [0.15, 0.2) is 5.60 Å². The number of amides is 2. The van der Waals surface area contributed by atoms with Crippen LogP contribution in [0, 0.1) is 0 Å². The van der Waals surface area contributed by atoms with Crippen LogP contribution in [0.25, 0.3) is 0 Å². The molecule has 3 heterocycles. The molecule has 2 aliphatic heterocycles. The Bertz CT molecular complexity index is 959. The molecule has 1 aromatic heterocycles. The van der Waals surface area contributed by atoms with Crippen molar-refractivity contribution in [2.45, 2.75) is 38.2 Å². The number of likely N-dealkylation sites (N-methyl/N-ethyl adjacent to an activating group) is 1. The first kappa shape index (κ1) is 22.3. The number of aromatic nitrogens is 2. The minimum absolute atomic E-state index is 0.0556. The van der Waals surface area contributed by atoms with Gasteiger partial charge in [0.25, 0.3) is 11.8 Å². The molecule has 32 heavy (non-hydrogen) atoms. The first-order valence-corrected chi connectivity index (χ1v) is 11.5. The number of fused-ring (bicyclic) bond motifs is 1. The van der Waals surface area contributed by atoms with Crippen LogP contribution in [0.5, 0.6) is 5.75 Å². The van der Waals surface area contributed by atoms with E-state index >= 15 is 0 Å². The highest BCUT2D eigenvalue weighted by molar-refractivity contribution is 5.94. The number of nitrogens with zero attached hydrogens (tertiary/aromatic N) is 4. The third-order valence-electron chi connectivity index (χ3n) is 6.44. The lowest BCUT2D eigenvalue weighted by Crippen LogP contribution is -2.62. The van der Waals surface area contributed by atoms with Gasteiger partial charge in [-0.15, -0.1) is 0 Å². The standard InChI is InChI=1S/C24H32N4O4/c1-3-27-14-16-31-21-10-5-4-8-19(21)9-6-7-12-24(23(27)30)18-28(15-17-32-24)22(29)20-11-13-25-26(20)2/h4-5,8,10-11,13H,3,6-7,9,12,14-18H2,1-2H3. The van der Waals surface area contributed by atoms with Gasteiger partial charge in [-0.3, -0.25) is 14.3 Å². The van der Waals surface area contributed by atoms with E-state index in [0.29, 0.717) is 45.0 Å². The van der Waals surface area contributed by atoms with Gasteiger partial charge in [-0.2, -0.15) is 5.10 Å². The van der Waals surface area contributed by atoms with Gasteiger partial charge in [0.1, 0.15) is 18.1 Å². The summed E-state index contributed by atoms with van der Waals surface area (Å²) < 4.78 is 13.8. The molecule has 1 aromatic carbocycles. The number of aryl methyl sites for hydroxylation is 2. The average Bonchev–Trinajstić information content (AvgIpc) is 3.24. The van der Waals surface area contributed by atoms with Crippen molar-refractivity contribution in [2.75, 3.05) is 39.4 Å². The molecule has 1 unspecified atom stereocenters. The summed E-state index contributed by atoms with van der Waals surface area (Å²) in [4.78, 5) is 30.4. The van der Waals surface area contributed by atoms with Gasteiger partial charge >= 0.3 is 0 Å². The molecule has 8 heteroatoms. The summed E-state index contributed by atoms with van der Waals surface area (Å²) in [5.74, 6) is 0.722. The Morgan fingerprint density at radius 2 is 2.00 bits per heavy atom. The van der Waals surface area contributed by atoms with Gasteiger partial charge in [0, 0.05) is 26.3 Å². The predicted molar refractivity (Wildman–Crippen MR) is 120 cm³/mol. The zero-order valence-electron chi connectivity index (χ0n) is 19.0. The van der Waals surface area contributed by atoms with Crippen LogP contribution in [-0.4, -0.2) is 76.4 Å². The van der Waals surface area contributed by atoms with Gasteiger partial charge in [0.05, 0.1) is 19.7 Å². The highest BCUT2D eigenvalue weighted by atomic mass is 16.5. The van der Waals surface area contributed by atoms with Crippen molar-refractivity contribution in [3.63, 3.8) is 0 Å². The van der Waals surface area contributed by atoms with Gasteiger partial charge in [-0.05, 0) is 50.3 Å². The number of hydrogen-bond donors (Lipinski definition) is 0. The number of benzene rings is 1. The van der Waals surface area contributed by atoms with E-state index in [-0.39, 0.29) is 18.4 Å². The molecule has 1 atom stereocenters. The smallest absolute Gasteiger partial charge is 0.272 e. The normalized spacial score (nSPS) is 22.6. The van der Waals surface area contributed by atoms with E-state index in [1.165, 1.54) is 5.56 Å². The Morgan fingerprint density at radius 3 is 2.78 bits per heavy atom. The molecular weight excluding hydrogens is 408 g/mol. The molecule has 0 radical (unpaired) electrons. The summed E-state index contributed by atoms with van der Waals surface area (Å²) in [7, 11) is 1.75. The minimum atomic E-state index is -1.03. The van der Waals surface area contributed by atoms with Gasteiger partial charge in [-0.25, -0.2) is 0 Å². The molecule has 0 bridgehead atoms. The Balaban J connectivity index is 1.57. The van der Waals surface area contributed by atoms with E-state index in [9.17, 15) is 9.59 Å². The van der Waals surface area contributed by atoms with Crippen LogP contribution >= 0.6 is 0 Å². The molecule has 1 saturated heterocycles. The van der Waals surface area contributed by atoms with Crippen LogP contribution in [0.3, 0.4) is 0 Å². The monoisotopic (exact) mass is 440 g/mol. The molecular formula is C24H32N4O4. The summed E-state index contributed by atoms with van der Waals surface area (Å²) in [5, 5.41) is 4.11. The van der Waals surface area contributed by atoms with Crippen LogP contribution < -0.4 is 4.74 Å². The van der Waals surface area contributed by atoms with Crippen molar-refractivity contribution < 1.29 is 19.1 Å². The first-order chi connectivity index (χ1) is 15.5. The highest BCUT2D eigenvalue weighted by Gasteiger charge is 2.46. The van der Waals surface area contributed by atoms with Gasteiger partial charge < -0.3 is 19.3 Å². The summed E-state index contributed by atoms with van der Waals surface area (Å²) in [5.41, 5.74) is 0.676. The molecule has 8 nitrogen and oxygen atoms in total. The molecule has 0 saturated carbocycles. The molecule has 172 valence electrons. The lowest BCUT2D eigenvalue weighted by atomic mass is 9.91. The molecule has 2 amide bonds. The molecule has 0 aliphatic carbocycles. The van der Waals surface area contributed by atoms with Crippen LogP contribution in [0.2, 0.25) is 0 Å². The van der Waals surface area contributed by atoms with E-state index in [1.807, 2.05) is 25.1 Å². The lowest BCUT2D eigenvalue weighted by Gasteiger charge is -2.44. The molecule has 1 fully saturated rings. The van der Waals surface area contributed by atoms with Crippen molar-refractivity contribution in [1.82, 2.24) is 19.6 Å². The molecule has 0 N–H and O–H groups in total. The lowest BCUT2D eigenvalue weighted by molar-refractivity contribution is -0.170. The fourth-order valence-corrected chi connectivity index (χ4v) is 4.63. The number of rotatable bonds is 2. The molecule has 4 rings (SSSR count). The van der Waals surface area contributed by atoms with Crippen LogP contribution in [-0.2, 0) is 23.0 Å². The summed E-state index contributed by atoms with van der Waals surface area (Å²) in [6.07, 6.45) is 4.82. The number of carbonyl (C=O) groups is 2. The van der Waals surface area contributed by atoms with E-state index in [2.05, 4.69) is 11.2 Å². The number of morpholine rings is 1. The van der Waals surface area contributed by atoms with Gasteiger partial charge in [-0.1, -0.05) is 18.2 Å². The van der Waals surface area contributed by atoms with Crippen LogP contribution in [0.1, 0.15) is 42.2 Å². The highest BCUT2D eigenvalue weighted by Crippen LogP contribution is 2.30. The van der Waals surface area contributed by atoms with Crippen molar-refractivity contribution in [3.8, 4) is 5.75 Å². The second-order valence-corrected chi connectivity index (χ2v) is 8.46. The van der Waals surface area contributed by atoms with Crippen LogP contribution in [0.4, 0.5) is 0 Å². The second kappa shape index (κ2) is 9.73. The molecule has 2 aliphatic rings. The van der Waals surface area contributed by atoms with Crippen molar-refractivity contribution >= 4 is 11.8 Å². The first-order valence-electron chi connectivity index (χ1n) is 11.5. The Labute approximate surface area is 189 Å².